The Kier molecular flexibility index (Phi) is 2.29. The van der Waals surface area contributed by atoms with E-state index in [0.717, 1.165) is 6.07 Å². The first-order valence-electron chi connectivity index (χ1n) is 2.73. The standard InChI is InChI=1S/C7H3FINO/c8-5-1-4(3-10)2-6(9)7(5)11/h1-2,11H. The van der Waals surface area contributed by atoms with Gasteiger partial charge in [-0.25, -0.2) is 4.39 Å². The smallest absolute Gasteiger partial charge is 0.167 e. The second kappa shape index (κ2) is 3.05. The molecule has 0 fully saturated rings. The Morgan fingerprint density at radius 1 is 1.55 bits per heavy atom. The average Bonchev–Trinajstić information content (AvgIpc) is 1.99. The molecule has 1 aromatic rings. The van der Waals surface area contributed by atoms with Crippen LogP contribution in [0.1, 0.15) is 5.56 Å². The van der Waals surface area contributed by atoms with Crippen LogP contribution in [0.4, 0.5) is 4.39 Å². The lowest BCUT2D eigenvalue weighted by Crippen LogP contribution is -1.83. The van der Waals surface area contributed by atoms with Crippen molar-refractivity contribution in [2.24, 2.45) is 0 Å². The first kappa shape index (κ1) is 8.27. The molecule has 0 aliphatic carbocycles. The monoisotopic (exact) mass is 263 g/mol. The predicted octanol–water partition coefficient (Wildman–Crippen LogP) is 2.01. The summed E-state index contributed by atoms with van der Waals surface area (Å²) in [5.74, 6) is -1.15. The third-order valence-corrected chi connectivity index (χ3v) is 1.97. The summed E-state index contributed by atoms with van der Waals surface area (Å²) in [5.41, 5.74) is 0.213. The average molecular weight is 263 g/mol. The Labute approximate surface area is 76.4 Å². The molecule has 4 heteroatoms. The number of benzene rings is 1. The minimum absolute atomic E-state index is 0.213. The molecule has 0 aliphatic heterocycles. The van der Waals surface area contributed by atoms with Gasteiger partial charge in [0.1, 0.15) is 0 Å². The Hall–Kier alpha value is -0.830. The maximum atomic E-state index is 12.6. The predicted molar refractivity (Wildman–Crippen MR) is 45.5 cm³/mol. The van der Waals surface area contributed by atoms with Gasteiger partial charge < -0.3 is 5.11 Å². The summed E-state index contributed by atoms with van der Waals surface area (Å²) in [4.78, 5) is 0. The first-order chi connectivity index (χ1) is 5.15. The highest BCUT2D eigenvalue weighted by Gasteiger charge is 2.06. The van der Waals surface area contributed by atoms with Gasteiger partial charge in [0.25, 0.3) is 0 Å². The van der Waals surface area contributed by atoms with E-state index in [1.165, 1.54) is 6.07 Å². The third-order valence-electron chi connectivity index (χ3n) is 1.15. The molecule has 0 aliphatic rings. The lowest BCUT2D eigenvalue weighted by Gasteiger charge is -1.97. The number of phenols is 1. The molecule has 0 saturated carbocycles. The number of aromatic hydroxyl groups is 1. The number of rotatable bonds is 0. The lowest BCUT2D eigenvalue weighted by atomic mass is 10.2. The Balaban J connectivity index is 3.35. The van der Waals surface area contributed by atoms with E-state index in [0.29, 0.717) is 3.57 Å². The van der Waals surface area contributed by atoms with Gasteiger partial charge in [-0.1, -0.05) is 0 Å². The van der Waals surface area contributed by atoms with Gasteiger partial charge in [0.05, 0.1) is 15.2 Å². The summed E-state index contributed by atoms with van der Waals surface area (Å²) in [6, 6.07) is 4.19. The Morgan fingerprint density at radius 3 is 2.64 bits per heavy atom. The van der Waals surface area contributed by atoms with Crippen LogP contribution in [-0.4, -0.2) is 5.11 Å². The summed E-state index contributed by atoms with van der Waals surface area (Å²) in [5, 5.41) is 17.3. The highest BCUT2D eigenvalue weighted by atomic mass is 127. The molecule has 1 rings (SSSR count). The largest absolute Gasteiger partial charge is 0.504 e. The van der Waals surface area contributed by atoms with Crippen molar-refractivity contribution in [3.8, 4) is 11.8 Å². The van der Waals surface area contributed by atoms with Gasteiger partial charge in [-0.3, -0.25) is 0 Å². The second-order valence-electron chi connectivity index (χ2n) is 1.90. The molecule has 11 heavy (non-hydrogen) atoms. The van der Waals surface area contributed by atoms with Crippen LogP contribution in [0.2, 0.25) is 0 Å². The van der Waals surface area contributed by atoms with Gasteiger partial charge in [-0.05, 0) is 34.7 Å². The highest BCUT2D eigenvalue weighted by molar-refractivity contribution is 14.1. The SMILES string of the molecule is N#Cc1cc(F)c(O)c(I)c1. The zero-order chi connectivity index (χ0) is 8.43. The van der Waals surface area contributed by atoms with Gasteiger partial charge >= 0.3 is 0 Å². The van der Waals surface area contributed by atoms with Crippen LogP contribution >= 0.6 is 22.6 Å². The van der Waals surface area contributed by atoms with Crippen LogP contribution in [0.5, 0.6) is 5.75 Å². The number of phenolic OH excluding ortho intramolecular Hbond substituents is 1. The molecule has 0 amide bonds. The minimum Gasteiger partial charge on any atom is -0.504 e. The molecular formula is C7H3FINO. The van der Waals surface area contributed by atoms with Crippen LogP contribution in [0.3, 0.4) is 0 Å². The molecule has 0 unspecified atom stereocenters. The normalized spacial score (nSPS) is 9.18. The number of nitriles is 1. The lowest BCUT2D eigenvalue weighted by molar-refractivity contribution is 0.428. The van der Waals surface area contributed by atoms with Gasteiger partial charge in [-0.15, -0.1) is 0 Å². The van der Waals surface area contributed by atoms with E-state index in [4.69, 9.17) is 10.4 Å². The number of halogens is 2. The fourth-order valence-corrected chi connectivity index (χ4v) is 1.22. The van der Waals surface area contributed by atoms with Crippen LogP contribution in [-0.2, 0) is 0 Å². The highest BCUT2D eigenvalue weighted by Crippen LogP contribution is 2.23. The second-order valence-corrected chi connectivity index (χ2v) is 3.06. The fraction of sp³-hybridized carbons (Fsp3) is 0. The van der Waals surface area contributed by atoms with Gasteiger partial charge in [-0.2, -0.15) is 5.26 Å². The van der Waals surface area contributed by atoms with Crippen molar-refractivity contribution in [2.45, 2.75) is 0 Å². The molecule has 0 radical (unpaired) electrons. The van der Waals surface area contributed by atoms with E-state index in [9.17, 15) is 4.39 Å². The van der Waals surface area contributed by atoms with E-state index in [2.05, 4.69) is 0 Å². The summed E-state index contributed by atoms with van der Waals surface area (Å²) in [7, 11) is 0. The van der Waals surface area contributed by atoms with Crippen molar-refractivity contribution < 1.29 is 9.50 Å². The molecule has 1 aromatic carbocycles. The Bertz CT molecular complexity index is 309. The molecular weight excluding hydrogens is 260 g/mol. The van der Waals surface area contributed by atoms with Crippen molar-refractivity contribution in [1.82, 2.24) is 0 Å². The molecule has 0 spiro atoms. The minimum atomic E-state index is -0.756. The molecule has 1 N–H and O–H groups in total. The molecule has 0 bridgehead atoms. The first-order valence-corrected chi connectivity index (χ1v) is 3.81. The molecule has 56 valence electrons. The van der Waals surface area contributed by atoms with E-state index >= 15 is 0 Å². The van der Waals surface area contributed by atoms with E-state index in [1.54, 1.807) is 28.7 Å². The topological polar surface area (TPSA) is 44.0 Å². The zero-order valence-electron chi connectivity index (χ0n) is 5.31. The van der Waals surface area contributed by atoms with Crippen molar-refractivity contribution in [1.29, 1.82) is 5.26 Å². The van der Waals surface area contributed by atoms with Crippen LogP contribution in [0.15, 0.2) is 12.1 Å². The quantitative estimate of drug-likeness (QED) is 0.727. The number of hydrogen-bond donors (Lipinski definition) is 1. The maximum absolute atomic E-state index is 12.6. The summed E-state index contributed by atoms with van der Waals surface area (Å²) in [6.07, 6.45) is 0. The zero-order valence-corrected chi connectivity index (χ0v) is 7.46. The number of hydrogen-bond acceptors (Lipinski definition) is 2. The summed E-state index contributed by atoms with van der Waals surface area (Å²) in [6.45, 7) is 0. The van der Waals surface area contributed by atoms with Crippen molar-refractivity contribution >= 4 is 22.6 Å². The van der Waals surface area contributed by atoms with Gasteiger partial charge in [0.2, 0.25) is 0 Å². The summed E-state index contributed by atoms with van der Waals surface area (Å²) >= 11 is 1.76. The Morgan fingerprint density at radius 2 is 2.18 bits per heavy atom. The molecule has 2 nitrogen and oxygen atoms in total. The van der Waals surface area contributed by atoms with Crippen LogP contribution in [0, 0.1) is 20.7 Å². The molecule has 0 heterocycles. The van der Waals surface area contributed by atoms with Crippen molar-refractivity contribution in [3.63, 3.8) is 0 Å². The van der Waals surface area contributed by atoms with E-state index in [-0.39, 0.29) is 5.56 Å². The van der Waals surface area contributed by atoms with Crippen LogP contribution in [0.25, 0.3) is 0 Å². The van der Waals surface area contributed by atoms with Crippen molar-refractivity contribution in [2.75, 3.05) is 0 Å². The van der Waals surface area contributed by atoms with Crippen molar-refractivity contribution in [3.05, 3.63) is 27.1 Å². The molecule has 0 atom stereocenters. The third kappa shape index (κ3) is 1.60. The molecule has 0 saturated heterocycles. The fourth-order valence-electron chi connectivity index (χ4n) is 0.630. The van der Waals surface area contributed by atoms with E-state index < -0.39 is 11.6 Å². The molecule has 0 aromatic heterocycles. The number of nitrogens with zero attached hydrogens (tertiary/aromatic N) is 1. The summed E-state index contributed by atoms with van der Waals surface area (Å²) < 4.78 is 13.0. The van der Waals surface area contributed by atoms with Crippen LogP contribution < -0.4 is 0 Å². The van der Waals surface area contributed by atoms with Gasteiger partial charge in [0.15, 0.2) is 11.6 Å². The van der Waals surface area contributed by atoms with E-state index in [1.807, 2.05) is 0 Å². The maximum Gasteiger partial charge on any atom is 0.167 e. The van der Waals surface area contributed by atoms with Gasteiger partial charge in [0, 0.05) is 0 Å².